The first-order valence-electron chi connectivity index (χ1n) is 3.67. The van der Waals surface area contributed by atoms with Crippen LogP contribution in [0.1, 0.15) is 6.93 Å². The fourth-order valence-corrected chi connectivity index (χ4v) is 0.679. The lowest BCUT2D eigenvalue weighted by Gasteiger charge is -1.87. The average molecular weight is 149 g/mol. The second kappa shape index (κ2) is 3.56. The molecule has 0 atom stereocenters. The van der Waals surface area contributed by atoms with Crippen LogP contribution >= 0.6 is 0 Å². The molecule has 0 saturated carbocycles. The number of rotatable bonds is 2. The standard InChI is InChI=1S/C9H8O2/c10-9(11)7-6-8-4-2-1-3-5-8/h1-7H,(H,10,11)/b7-6+/i6D. The average Bonchev–Trinajstić information content (AvgIpc) is 2.05. The number of hydrogen-bond donors (Lipinski definition) is 1. The van der Waals surface area contributed by atoms with Crippen molar-refractivity contribution in [3.63, 3.8) is 0 Å². The SMILES string of the molecule is [2H]/C(=C\C(=O)O)c1ccccc1. The van der Waals surface area contributed by atoms with E-state index in [1.54, 1.807) is 24.3 Å². The van der Waals surface area contributed by atoms with Gasteiger partial charge in [0, 0.05) is 6.08 Å². The van der Waals surface area contributed by atoms with Gasteiger partial charge in [-0.2, -0.15) is 0 Å². The van der Waals surface area contributed by atoms with Gasteiger partial charge in [-0.15, -0.1) is 0 Å². The number of hydrogen-bond acceptors (Lipinski definition) is 1. The van der Waals surface area contributed by atoms with E-state index >= 15 is 0 Å². The van der Waals surface area contributed by atoms with E-state index in [9.17, 15) is 4.79 Å². The van der Waals surface area contributed by atoms with Gasteiger partial charge < -0.3 is 5.11 Å². The molecule has 0 bridgehead atoms. The first kappa shape index (κ1) is 6.16. The van der Waals surface area contributed by atoms with E-state index in [1.165, 1.54) is 0 Å². The lowest BCUT2D eigenvalue weighted by molar-refractivity contribution is -0.131. The summed E-state index contributed by atoms with van der Waals surface area (Å²) in [6, 6.07) is 8.75. The molecule has 1 N–H and O–H groups in total. The highest BCUT2D eigenvalue weighted by atomic mass is 16.4. The van der Waals surface area contributed by atoms with Crippen LogP contribution in [0.2, 0.25) is 0 Å². The molecule has 56 valence electrons. The van der Waals surface area contributed by atoms with Crippen LogP contribution in [0.4, 0.5) is 0 Å². The van der Waals surface area contributed by atoms with Gasteiger partial charge >= 0.3 is 5.97 Å². The van der Waals surface area contributed by atoms with Crippen molar-refractivity contribution < 1.29 is 11.3 Å². The molecule has 0 spiro atoms. The third-order valence-corrected chi connectivity index (χ3v) is 1.14. The Labute approximate surface area is 66.2 Å². The summed E-state index contributed by atoms with van der Waals surface area (Å²) in [5.74, 6) is -1.09. The summed E-state index contributed by atoms with van der Waals surface area (Å²) in [6.07, 6.45) is 0.870. The summed E-state index contributed by atoms with van der Waals surface area (Å²) < 4.78 is 7.32. The molecule has 2 heteroatoms. The van der Waals surface area contributed by atoms with Crippen LogP contribution in [0.15, 0.2) is 36.4 Å². The number of aliphatic carboxylic acids is 1. The van der Waals surface area contributed by atoms with Gasteiger partial charge in [-0.1, -0.05) is 30.3 Å². The highest BCUT2D eigenvalue weighted by molar-refractivity contribution is 5.85. The Morgan fingerprint density at radius 2 is 2.09 bits per heavy atom. The van der Waals surface area contributed by atoms with Gasteiger partial charge in [0.1, 0.15) is 0 Å². The van der Waals surface area contributed by atoms with Gasteiger partial charge in [0.15, 0.2) is 0 Å². The van der Waals surface area contributed by atoms with Crippen molar-refractivity contribution >= 4 is 12.0 Å². The van der Waals surface area contributed by atoms with Crippen LogP contribution in [-0.2, 0) is 4.79 Å². The van der Waals surface area contributed by atoms with Crippen LogP contribution in [0.5, 0.6) is 0 Å². The van der Waals surface area contributed by atoms with Crippen LogP contribution in [0.3, 0.4) is 0 Å². The van der Waals surface area contributed by atoms with E-state index in [4.69, 9.17) is 6.48 Å². The zero-order valence-electron chi connectivity index (χ0n) is 6.82. The van der Waals surface area contributed by atoms with Crippen molar-refractivity contribution in [2.75, 3.05) is 0 Å². The smallest absolute Gasteiger partial charge is 0.328 e. The molecule has 0 unspecified atom stereocenters. The Morgan fingerprint density at radius 3 is 2.64 bits per heavy atom. The molecule has 0 heterocycles. The molecule has 2 nitrogen and oxygen atoms in total. The molecular formula is C9H8O2. The maximum Gasteiger partial charge on any atom is 0.328 e. The van der Waals surface area contributed by atoms with Crippen molar-refractivity contribution in [2.24, 2.45) is 0 Å². The van der Waals surface area contributed by atoms with Crippen LogP contribution in [0, 0.1) is 0 Å². The quantitative estimate of drug-likeness (QED) is 0.651. The van der Waals surface area contributed by atoms with Gasteiger partial charge in [-0.25, -0.2) is 4.79 Å². The van der Waals surface area contributed by atoms with Gasteiger partial charge in [0.05, 0.1) is 1.37 Å². The minimum atomic E-state index is -1.09. The van der Waals surface area contributed by atoms with Gasteiger partial charge in [0.25, 0.3) is 0 Å². The zero-order valence-corrected chi connectivity index (χ0v) is 5.82. The molecule has 0 radical (unpaired) electrons. The molecule has 0 aromatic heterocycles. The largest absolute Gasteiger partial charge is 0.478 e. The molecule has 0 aliphatic carbocycles. The lowest BCUT2D eigenvalue weighted by atomic mass is 10.2. The van der Waals surface area contributed by atoms with Gasteiger partial charge in [0.2, 0.25) is 0 Å². The Kier molecular flexibility index (Phi) is 1.99. The fourth-order valence-electron chi connectivity index (χ4n) is 0.679. The Morgan fingerprint density at radius 1 is 1.45 bits per heavy atom. The maximum absolute atomic E-state index is 10.2. The van der Waals surface area contributed by atoms with E-state index in [0.29, 0.717) is 5.56 Å². The molecule has 1 aromatic carbocycles. The zero-order chi connectivity index (χ0) is 8.97. The normalized spacial score (nSPS) is 12.4. The van der Waals surface area contributed by atoms with Crippen molar-refractivity contribution in [2.45, 2.75) is 0 Å². The minimum absolute atomic E-state index is 0.0168. The Bertz CT molecular complexity index is 304. The molecule has 0 amide bonds. The van der Waals surface area contributed by atoms with E-state index in [0.717, 1.165) is 6.08 Å². The maximum atomic E-state index is 10.2. The summed E-state index contributed by atoms with van der Waals surface area (Å²) in [4.78, 5) is 10.2. The van der Waals surface area contributed by atoms with Crippen molar-refractivity contribution in [1.29, 1.82) is 0 Å². The highest BCUT2D eigenvalue weighted by Crippen LogP contribution is 1.99. The molecule has 0 saturated heterocycles. The van der Waals surface area contributed by atoms with Crippen molar-refractivity contribution in [3.05, 3.63) is 42.0 Å². The van der Waals surface area contributed by atoms with Crippen LogP contribution < -0.4 is 0 Å². The molecule has 0 fully saturated rings. The first-order chi connectivity index (χ1) is 5.70. The van der Waals surface area contributed by atoms with Gasteiger partial charge in [-0.05, 0) is 11.6 Å². The summed E-state index contributed by atoms with van der Waals surface area (Å²) >= 11 is 0. The third kappa shape index (κ3) is 2.67. The molecule has 0 aliphatic heterocycles. The highest BCUT2D eigenvalue weighted by Gasteiger charge is 1.85. The fraction of sp³-hybridized carbons (Fsp3) is 0. The van der Waals surface area contributed by atoms with Crippen molar-refractivity contribution in [3.8, 4) is 0 Å². The summed E-state index contributed by atoms with van der Waals surface area (Å²) in [5, 5.41) is 8.35. The summed E-state index contributed by atoms with van der Waals surface area (Å²) in [5.41, 5.74) is 0.611. The summed E-state index contributed by atoms with van der Waals surface area (Å²) in [6.45, 7) is 0. The number of carboxylic acid groups (broad SMARTS) is 1. The monoisotopic (exact) mass is 149 g/mol. The summed E-state index contributed by atoms with van der Waals surface area (Å²) in [7, 11) is 0. The van der Waals surface area contributed by atoms with Crippen molar-refractivity contribution in [1.82, 2.24) is 0 Å². The van der Waals surface area contributed by atoms with E-state index in [2.05, 4.69) is 0 Å². The Balaban J connectivity index is 2.93. The van der Waals surface area contributed by atoms with E-state index < -0.39 is 5.97 Å². The lowest BCUT2D eigenvalue weighted by Crippen LogP contribution is -1.85. The molecule has 11 heavy (non-hydrogen) atoms. The topological polar surface area (TPSA) is 37.3 Å². The second-order valence-electron chi connectivity index (χ2n) is 1.99. The van der Waals surface area contributed by atoms with Crippen LogP contribution in [-0.4, -0.2) is 11.1 Å². The molecule has 1 aromatic rings. The molecule has 1 rings (SSSR count). The number of carbonyl (C=O) groups is 1. The van der Waals surface area contributed by atoms with E-state index in [-0.39, 0.29) is 6.05 Å². The third-order valence-electron chi connectivity index (χ3n) is 1.14. The Hall–Kier alpha value is -1.57. The van der Waals surface area contributed by atoms with E-state index in [1.807, 2.05) is 6.07 Å². The minimum Gasteiger partial charge on any atom is -0.478 e. The second-order valence-corrected chi connectivity index (χ2v) is 1.99. The number of benzene rings is 1. The predicted molar refractivity (Wildman–Crippen MR) is 43.1 cm³/mol. The van der Waals surface area contributed by atoms with Gasteiger partial charge in [-0.3, -0.25) is 0 Å². The van der Waals surface area contributed by atoms with Crippen LogP contribution in [0.25, 0.3) is 6.05 Å². The number of carboxylic acids is 1. The molecule has 0 aliphatic rings. The predicted octanol–water partition coefficient (Wildman–Crippen LogP) is 1.78. The first-order valence-corrected chi connectivity index (χ1v) is 3.17. The molecular weight excluding hydrogens is 140 g/mol.